The molecule has 0 aliphatic carbocycles. The van der Waals surface area contributed by atoms with Crippen LogP contribution in [0.1, 0.15) is 0 Å². The number of carbonyl (C=O) groups excluding carboxylic acids is 2. The summed E-state index contributed by atoms with van der Waals surface area (Å²) in [5, 5.41) is 0. The number of halogens is 3. The second kappa shape index (κ2) is 5.09. The molecule has 9 heteroatoms. The molecular weight excluding hydrogens is 271 g/mol. The first-order valence-corrected chi connectivity index (χ1v) is 5.41. The Labute approximate surface area is 107 Å². The molecule has 102 valence electrons. The Morgan fingerprint density at radius 3 is 2.39 bits per heavy atom. The molecule has 0 aromatic carbocycles. The van der Waals surface area contributed by atoms with Gasteiger partial charge in [0.05, 0.1) is 18.1 Å². The van der Waals surface area contributed by atoms with Crippen molar-refractivity contribution in [2.24, 2.45) is 11.7 Å². The van der Waals surface area contributed by atoms with Gasteiger partial charge in [-0.2, -0.15) is 13.2 Å². The maximum atomic E-state index is 12.6. The van der Waals surface area contributed by atoms with E-state index in [9.17, 15) is 22.8 Å². The van der Waals surface area contributed by atoms with Gasteiger partial charge in [0.1, 0.15) is 5.92 Å². The Morgan fingerprint density at radius 2 is 1.94 bits per heavy atom. The highest BCUT2D eigenvalue weighted by Crippen LogP contribution is 2.27. The number of rotatable bonds is 3. The third-order valence-electron chi connectivity index (χ3n) is 2.62. The molecule has 0 radical (unpaired) electrons. The van der Waals surface area contributed by atoms with Gasteiger partial charge >= 0.3 is 6.18 Å². The molecule has 1 aliphatic heterocycles. The zero-order valence-corrected chi connectivity index (χ0v) is 10.3. The van der Waals surface area contributed by atoms with Gasteiger partial charge in [0.2, 0.25) is 11.8 Å². The van der Waals surface area contributed by atoms with Crippen LogP contribution in [0.25, 0.3) is 0 Å². The van der Waals surface area contributed by atoms with Gasteiger partial charge in [-0.1, -0.05) is 12.2 Å². The van der Waals surface area contributed by atoms with Crippen LogP contribution in [0.5, 0.6) is 0 Å². The lowest BCUT2D eigenvalue weighted by Crippen LogP contribution is -2.55. The molecule has 0 saturated carbocycles. The lowest BCUT2D eigenvalue weighted by Gasteiger charge is -2.34. The van der Waals surface area contributed by atoms with Crippen molar-refractivity contribution in [3.05, 3.63) is 0 Å². The van der Waals surface area contributed by atoms with Gasteiger partial charge in [-0.05, 0) is 0 Å². The summed E-state index contributed by atoms with van der Waals surface area (Å²) in [6.45, 7) is -1.33. The van der Waals surface area contributed by atoms with E-state index < -0.39 is 35.4 Å². The number of hydrogen-bond donors (Lipinski definition) is 1. The summed E-state index contributed by atoms with van der Waals surface area (Å²) < 4.78 is 37.9. The zero-order valence-electron chi connectivity index (χ0n) is 9.53. The van der Waals surface area contributed by atoms with Crippen molar-refractivity contribution in [3.8, 4) is 0 Å². The fourth-order valence-electron chi connectivity index (χ4n) is 1.50. The molecule has 1 unspecified atom stereocenters. The van der Waals surface area contributed by atoms with Crippen molar-refractivity contribution in [2.45, 2.75) is 6.18 Å². The van der Waals surface area contributed by atoms with Gasteiger partial charge in [0.15, 0.2) is 0 Å². The SMILES string of the molecule is CN1CC(=O)N(CC(C(N)=S)C(F)(F)F)CC1=O. The van der Waals surface area contributed by atoms with Crippen LogP contribution in [0.4, 0.5) is 13.2 Å². The van der Waals surface area contributed by atoms with E-state index in [0.29, 0.717) is 0 Å². The molecule has 1 fully saturated rings. The van der Waals surface area contributed by atoms with E-state index in [2.05, 4.69) is 12.2 Å². The third-order valence-corrected chi connectivity index (χ3v) is 2.90. The Balaban J connectivity index is 2.79. The molecule has 0 spiro atoms. The van der Waals surface area contributed by atoms with Gasteiger partial charge in [0, 0.05) is 13.6 Å². The molecule has 2 N–H and O–H groups in total. The van der Waals surface area contributed by atoms with Crippen LogP contribution in [0.15, 0.2) is 0 Å². The molecule has 0 bridgehead atoms. The normalized spacial score (nSPS) is 19.1. The van der Waals surface area contributed by atoms with Crippen molar-refractivity contribution in [1.82, 2.24) is 9.80 Å². The number of amides is 2. The summed E-state index contributed by atoms with van der Waals surface area (Å²) in [5.74, 6) is -3.06. The van der Waals surface area contributed by atoms with Crippen LogP contribution in [0.3, 0.4) is 0 Å². The van der Waals surface area contributed by atoms with Crippen molar-refractivity contribution in [2.75, 3.05) is 26.7 Å². The van der Waals surface area contributed by atoms with Crippen LogP contribution < -0.4 is 5.73 Å². The third kappa shape index (κ3) is 3.31. The highest BCUT2D eigenvalue weighted by Gasteiger charge is 2.44. The minimum Gasteiger partial charge on any atom is -0.393 e. The number of piperazine rings is 1. The van der Waals surface area contributed by atoms with E-state index >= 15 is 0 Å². The summed E-state index contributed by atoms with van der Waals surface area (Å²) in [5.41, 5.74) is 5.03. The quantitative estimate of drug-likeness (QED) is 0.725. The predicted octanol–water partition coefficient (Wildman–Crippen LogP) is -0.248. The molecule has 18 heavy (non-hydrogen) atoms. The topological polar surface area (TPSA) is 66.6 Å². The Morgan fingerprint density at radius 1 is 1.39 bits per heavy atom. The number of thiocarbonyl (C=S) groups is 1. The Kier molecular flexibility index (Phi) is 4.15. The lowest BCUT2D eigenvalue weighted by atomic mass is 10.1. The van der Waals surface area contributed by atoms with Crippen LogP contribution >= 0.6 is 12.2 Å². The van der Waals surface area contributed by atoms with E-state index in [0.717, 1.165) is 9.80 Å². The van der Waals surface area contributed by atoms with Crippen molar-refractivity contribution < 1.29 is 22.8 Å². The number of alkyl halides is 3. The van der Waals surface area contributed by atoms with Crippen molar-refractivity contribution >= 4 is 29.0 Å². The van der Waals surface area contributed by atoms with Crippen molar-refractivity contribution in [1.29, 1.82) is 0 Å². The Hall–Kier alpha value is -1.38. The van der Waals surface area contributed by atoms with E-state index in [1.54, 1.807) is 0 Å². The zero-order chi connectivity index (χ0) is 14.1. The number of likely N-dealkylation sites (N-methyl/N-ethyl adjacent to an activating group) is 1. The molecule has 1 aliphatic rings. The van der Waals surface area contributed by atoms with Gasteiger partial charge in [-0.15, -0.1) is 0 Å². The fraction of sp³-hybridized carbons (Fsp3) is 0.667. The molecule has 1 heterocycles. The van der Waals surface area contributed by atoms with E-state index in [4.69, 9.17) is 5.73 Å². The minimum atomic E-state index is -4.63. The second-order valence-electron chi connectivity index (χ2n) is 4.02. The van der Waals surface area contributed by atoms with Gasteiger partial charge < -0.3 is 15.5 Å². The minimum absolute atomic E-state index is 0.235. The largest absolute Gasteiger partial charge is 0.399 e. The molecule has 0 aromatic rings. The maximum absolute atomic E-state index is 12.6. The number of nitrogens with two attached hydrogens (primary N) is 1. The molecule has 1 rings (SSSR count). The average Bonchev–Trinajstić information content (AvgIpc) is 2.19. The first-order valence-electron chi connectivity index (χ1n) is 5.00. The summed E-state index contributed by atoms with van der Waals surface area (Å²) in [4.78, 5) is 24.1. The van der Waals surface area contributed by atoms with Crippen LogP contribution in [0, 0.1) is 5.92 Å². The molecule has 0 aromatic heterocycles. The maximum Gasteiger partial charge on any atom is 0.399 e. The smallest absolute Gasteiger partial charge is 0.393 e. The summed E-state index contributed by atoms with van der Waals surface area (Å²) in [6, 6.07) is 0. The Bertz CT molecular complexity index is 386. The first-order chi connectivity index (χ1) is 8.12. The van der Waals surface area contributed by atoms with Crippen LogP contribution in [-0.4, -0.2) is 59.5 Å². The predicted molar refractivity (Wildman–Crippen MR) is 60.5 cm³/mol. The van der Waals surface area contributed by atoms with Crippen molar-refractivity contribution in [3.63, 3.8) is 0 Å². The highest BCUT2D eigenvalue weighted by molar-refractivity contribution is 7.80. The van der Waals surface area contributed by atoms with E-state index in [1.807, 2.05) is 0 Å². The molecule has 5 nitrogen and oxygen atoms in total. The standard InChI is InChI=1S/C9H12F3N3O2S/c1-14-3-7(17)15(4-6(14)16)2-5(8(13)18)9(10,11)12/h5H,2-4H2,1H3,(H2,13,18). The van der Waals surface area contributed by atoms with Crippen LogP contribution in [0.2, 0.25) is 0 Å². The fourth-order valence-corrected chi connectivity index (χ4v) is 1.71. The average molecular weight is 283 g/mol. The lowest BCUT2D eigenvalue weighted by molar-refractivity contribution is -0.167. The second-order valence-corrected chi connectivity index (χ2v) is 4.49. The highest BCUT2D eigenvalue weighted by atomic mass is 32.1. The van der Waals surface area contributed by atoms with E-state index in [1.165, 1.54) is 7.05 Å². The number of hydrogen-bond acceptors (Lipinski definition) is 3. The number of nitrogens with zero attached hydrogens (tertiary/aromatic N) is 2. The van der Waals surface area contributed by atoms with Gasteiger partial charge in [-0.3, -0.25) is 9.59 Å². The molecule has 1 atom stereocenters. The monoisotopic (exact) mass is 283 g/mol. The molecule has 1 saturated heterocycles. The summed E-state index contributed by atoms with van der Waals surface area (Å²) in [6.07, 6.45) is -4.63. The molecule has 2 amide bonds. The molecular formula is C9H12F3N3O2S. The first kappa shape index (κ1) is 14.7. The van der Waals surface area contributed by atoms with Gasteiger partial charge in [-0.25, -0.2) is 0 Å². The summed E-state index contributed by atoms with van der Waals surface area (Å²) in [7, 11) is 1.41. The van der Waals surface area contributed by atoms with Gasteiger partial charge in [0.25, 0.3) is 0 Å². The van der Waals surface area contributed by atoms with Crippen LogP contribution in [-0.2, 0) is 9.59 Å². The summed E-state index contributed by atoms with van der Waals surface area (Å²) >= 11 is 4.35. The number of carbonyl (C=O) groups is 2. The van der Waals surface area contributed by atoms with E-state index in [-0.39, 0.29) is 13.1 Å².